The van der Waals surface area contributed by atoms with Gasteiger partial charge in [-0.25, -0.2) is 8.42 Å². The summed E-state index contributed by atoms with van der Waals surface area (Å²) in [5, 5.41) is 17.6. The van der Waals surface area contributed by atoms with Crippen molar-refractivity contribution in [2.45, 2.75) is 25.2 Å². The number of fused-ring (bicyclic) bond motifs is 1. The summed E-state index contributed by atoms with van der Waals surface area (Å²) in [4.78, 5) is 1.99. The first-order valence-electron chi connectivity index (χ1n) is 5.54. The first-order valence-corrected chi connectivity index (χ1v) is 7.36. The Morgan fingerprint density at radius 2 is 2.18 bits per heavy atom. The van der Waals surface area contributed by atoms with Gasteiger partial charge in [0.05, 0.1) is 30.2 Å². The summed E-state index contributed by atoms with van der Waals surface area (Å²) in [5.41, 5.74) is 0. The number of hydrogen-bond acceptors (Lipinski definition) is 6. The fourth-order valence-corrected chi connectivity index (χ4v) is 4.36. The van der Waals surface area contributed by atoms with Crippen LogP contribution in [0.5, 0.6) is 0 Å². The lowest BCUT2D eigenvalue weighted by atomic mass is 10.1. The van der Waals surface area contributed by atoms with E-state index in [1.54, 1.807) is 6.33 Å². The normalized spacial score (nSPS) is 32.5. The van der Waals surface area contributed by atoms with Crippen molar-refractivity contribution in [1.82, 2.24) is 19.7 Å². The van der Waals surface area contributed by atoms with Crippen LogP contribution in [0.1, 0.15) is 5.82 Å². The zero-order valence-corrected chi connectivity index (χ0v) is 10.0. The summed E-state index contributed by atoms with van der Waals surface area (Å²) >= 11 is 0. The number of aliphatic hydroxyl groups excluding tert-OH is 1. The molecule has 3 rings (SSSR count). The van der Waals surface area contributed by atoms with Crippen LogP contribution >= 0.6 is 0 Å². The number of aromatic nitrogens is 3. The van der Waals surface area contributed by atoms with Crippen molar-refractivity contribution in [3.63, 3.8) is 0 Å². The van der Waals surface area contributed by atoms with Crippen LogP contribution in [0.4, 0.5) is 0 Å². The van der Waals surface area contributed by atoms with Crippen LogP contribution in [0.2, 0.25) is 0 Å². The Morgan fingerprint density at radius 1 is 1.35 bits per heavy atom. The highest BCUT2D eigenvalue weighted by molar-refractivity contribution is 7.91. The van der Waals surface area contributed by atoms with Crippen molar-refractivity contribution in [2.24, 2.45) is 0 Å². The molecule has 0 radical (unpaired) electrons. The number of nitrogens with zero attached hydrogens (tertiary/aromatic N) is 4. The first kappa shape index (κ1) is 11.1. The van der Waals surface area contributed by atoms with E-state index in [-0.39, 0.29) is 17.5 Å². The molecule has 1 saturated heterocycles. The molecule has 0 amide bonds. The maximum Gasteiger partial charge on any atom is 0.154 e. The Morgan fingerprint density at radius 3 is 2.88 bits per heavy atom. The van der Waals surface area contributed by atoms with Crippen LogP contribution < -0.4 is 0 Å². The minimum Gasteiger partial charge on any atom is -0.390 e. The van der Waals surface area contributed by atoms with E-state index in [1.165, 1.54) is 0 Å². The van der Waals surface area contributed by atoms with Gasteiger partial charge >= 0.3 is 0 Å². The molecule has 1 N–H and O–H groups in total. The Balaban J connectivity index is 1.79. The van der Waals surface area contributed by atoms with Gasteiger partial charge in [-0.2, -0.15) is 0 Å². The molecule has 17 heavy (non-hydrogen) atoms. The molecule has 0 saturated carbocycles. The molecule has 2 atom stereocenters. The van der Waals surface area contributed by atoms with Gasteiger partial charge in [0, 0.05) is 13.1 Å². The largest absolute Gasteiger partial charge is 0.390 e. The molecule has 0 bridgehead atoms. The van der Waals surface area contributed by atoms with E-state index in [0.717, 1.165) is 18.9 Å². The van der Waals surface area contributed by atoms with E-state index in [1.807, 2.05) is 9.47 Å². The van der Waals surface area contributed by atoms with E-state index in [2.05, 4.69) is 10.2 Å². The van der Waals surface area contributed by atoms with Crippen molar-refractivity contribution >= 4 is 9.84 Å². The van der Waals surface area contributed by atoms with Crippen molar-refractivity contribution in [1.29, 1.82) is 0 Å². The molecule has 2 aliphatic rings. The van der Waals surface area contributed by atoms with Crippen molar-refractivity contribution in [3.8, 4) is 0 Å². The minimum atomic E-state index is -3.09. The molecular weight excluding hydrogens is 244 g/mol. The highest BCUT2D eigenvalue weighted by atomic mass is 32.2. The minimum absolute atomic E-state index is 0.0440. The van der Waals surface area contributed by atoms with Crippen LogP contribution in [0, 0.1) is 0 Å². The Labute approximate surface area is 99.0 Å². The highest BCUT2D eigenvalue weighted by Gasteiger charge is 2.40. The molecule has 3 heterocycles. The molecule has 8 heteroatoms. The standard InChI is InChI=1S/C9H14N4O3S/c14-8-5-17(15,16)4-7(8)12-1-2-13-6-10-11-9(13)3-12/h6-8,14H,1-5H2. The van der Waals surface area contributed by atoms with Gasteiger partial charge in [0.1, 0.15) is 12.2 Å². The third-order valence-electron chi connectivity index (χ3n) is 3.43. The van der Waals surface area contributed by atoms with E-state index < -0.39 is 15.9 Å². The topological polar surface area (TPSA) is 88.3 Å². The average Bonchev–Trinajstić information content (AvgIpc) is 2.81. The second kappa shape index (κ2) is 3.76. The van der Waals surface area contributed by atoms with Crippen LogP contribution in [0.15, 0.2) is 6.33 Å². The van der Waals surface area contributed by atoms with Gasteiger partial charge in [-0.1, -0.05) is 0 Å². The number of rotatable bonds is 1. The molecule has 1 aromatic heterocycles. The molecule has 2 unspecified atom stereocenters. The van der Waals surface area contributed by atoms with Gasteiger partial charge < -0.3 is 9.67 Å². The maximum absolute atomic E-state index is 11.5. The molecule has 0 aromatic carbocycles. The predicted octanol–water partition coefficient (Wildman–Crippen LogP) is -1.75. The van der Waals surface area contributed by atoms with Crippen molar-refractivity contribution < 1.29 is 13.5 Å². The summed E-state index contributed by atoms with van der Waals surface area (Å²) in [7, 11) is -3.09. The summed E-state index contributed by atoms with van der Waals surface area (Å²) < 4.78 is 24.9. The van der Waals surface area contributed by atoms with Gasteiger partial charge in [-0.15, -0.1) is 10.2 Å². The third kappa shape index (κ3) is 1.96. The van der Waals surface area contributed by atoms with E-state index in [9.17, 15) is 13.5 Å². The second-order valence-corrected chi connectivity index (χ2v) is 6.78. The quantitative estimate of drug-likeness (QED) is 0.643. The average molecular weight is 258 g/mol. The Kier molecular flexibility index (Phi) is 2.46. The first-order chi connectivity index (χ1) is 8.05. The summed E-state index contributed by atoms with van der Waals surface area (Å²) in [6.45, 7) is 2.02. The molecule has 0 spiro atoms. The smallest absolute Gasteiger partial charge is 0.154 e. The number of aliphatic hydroxyl groups is 1. The maximum atomic E-state index is 11.5. The Bertz CT molecular complexity index is 526. The van der Waals surface area contributed by atoms with Gasteiger partial charge in [0.15, 0.2) is 9.84 Å². The van der Waals surface area contributed by atoms with E-state index in [0.29, 0.717) is 6.54 Å². The Hall–Kier alpha value is -0.990. The van der Waals surface area contributed by atoms with Crippen LogP contribution in [0.3, 0.4) is 0 Å². The fourth-order valence-electron chi connectivity index (χ4n) is 2.53. The molecule has 1 aromatic rings. The fraction of sp³-hybridized carbons (Fsp3) is 0.778. The lowest BCUT2D eigenvalue weighted by Crippen LogP contribution is -2.46. The lowest BCUT2D eigenvalue weighted by molar-refractivity contribution is 0.0646. The molecule has 1 fully saturated rings. The third-order valence-corrected chi connectivity index (χ3v) is 5.13. The lowest BCUT2D eigenvalue weighted by Gasteiger charge is -2.32. The van der Waals surface area contributed by atoms with Gasteiger partial charge in [0.25, 0.3) is 0 Å². The van der Waals surface area contributed by atoms with Crippen LogP contribution in [-0.4, -0.2) is 63.4 Å². The SMILES string of the molecule is O=S1(=O)CC(O)C(N2CCn3cnnc3C2)C1. The highest BCUT2D eigenvalue weighted by Crippen LogP contribution is 2.22. The summed E-state index contributed by atoms with van der Waals surface area (Å²) in [6, 6.07) is -0.301. The number of hydrogen-bond donors (Lipinski definition) is 1. The molecule has 94 valence electrons. The summed E-state index contributed by atoms with van der Waals surface area (Å²) in [5.74, 6) is 0.746. The number of sulfone groups is 1. The molecule has 7 nitrogen and oxygen atoms in total. The second-order valence-electron chi connectivity index (χ2n) is 4.62. The van der Waals surface area contributed by atoms with Crippen LogP contribution in [-0.2, 0) is 22.9 Å². The molecular formula is C9H14N4O3S. The molecule has 2 aliphatic heterocycles. The van der Waals surface area contributed by atoms with E-state index >= 15 is 0 Å². The van der Waals surface area contributed by atoms with Crippen molar-refractivity contribution in [2.75, 3.05) is 18.1 Å². The van der Waals surface area contributed by atoms with Crippen LogP contribution in [0.25, 0.3) is 0 Å². The van der Waals surface area contributed by atoms with Gasteiger partial charge in [-0.05, 0) is 0 Å². The monoisotopic (exact) mass is 258 g/mol. The van der Waals surface area contributed by atoms with Gasteiger partial charge in [0.2, 0.25) is 0 Å². The van der Waals surface area contributed by atoms with Crippen molar-refractivity contribution in [3.05, 3.63) is 12.2 Å². The summed E-state index contributed by atoms with van der Waals surface area (Å²) in [6.07, 6.45) is 0.892. The van der Waals surface area contributed by atoms with Gasteiger partial charge in [-0.3, -0.25) is 4.90 Å². The zero-order chi connectivity index (χ0) is 12.0. The predicted molar refractivity (Wildman–Crippen MR) is 58.9 cm³/mol. The zero-order valence-electron chi connectivity index (χ0n) is 9.23. The molecule has 0 aliphatic carbocycles. The van der Waals surface area contributed by atoms with E-state index in [4.69, 9.17) is 0 Å².